The summed E-state index contributed by atoms with van der Waals surface area (Å²) in [6.45, 7) is 0. The monoisotopic (exact) mass is 160 g/mol. The van der Waals surface area contributed by atoms with Crippen LogP contribution in [0.3, 0.4) is 0 Å². The van der Waals surface area contributed by atoms with Crippen molar-refractivity contribution in [3.63, 3.8) is 0 Å². The van der Waals surface area contributed by atoms with Gasteiger partial charge >= 0.3 is 0 Å². The molecule has 0 aliphatic heterocycles. The summed E-state index contributed by atoms with van der Waals surface area (Å²) in [5, 5.41) is 11.7. The van der Waals surface area contributed by atoms with Gasteiger partial charge < -0.3 is 5.21 Å². The van der Waals surface area contributed by atoms with E-state index in [2.05, 4.69) is 10.1 Å². The second-order valence-corrected chi connectivity index (χ2v) is 2.65. The number of aromatic nitrogens is 1. The summed E-state index contributed by atoms with van der Waals surface area (Å²) in [7, 11) is 0. The molecule has 0 spiro atoms. The zero-order valence-corrected chi connectivity index (χ0v) is 6.44. The minimum absolute atomic E-state index is 0.663. The quantitative estimate of drug-likeness (QED) is 0.461. The molecule has 0 aromatic carbocycles. The van der Waals surface area contributed by atoms with Gasteiger partial charge in [-0.05, 0) is 23.8 Å². The highest BCUT2D eigenvalue weighted by molar-refractivity contribution is 6.01. The van der Waals surface area contributed by atoms with E-state index in [4.69, 9.17) is 5.21 Å². The van der Waals surface area contributed by atoms with Crippen LogP contribution in [0.4, 0.5) is 0 Å². The van der Waals surface area contributed by atoms with E-state index in [1.807, 2.05) is 18.2 Å². The zero-order valence-electron chi connectivity index (χ0n) is 6.44. The second-order valence-electron chi connectivity index (χ2n) is 2.65. The molecule has 2 rings (SSSR count). The first-order valence-corrected chi connectivity index (χ1v) is 3.73. The molecule has 3 heteroatoms. The third-order valence-electron chi connectivity index (χ3n) is 1.86. The fourth-order valence-corrected chi connectivity index (χ4v) is 1.25. The maximum Gasteiger partial charge on any atom is 0.0841 e. The Kier molecular flexibility index (Phi) is 1.63. The van der Waals surface area contributed by atoms with E-state index in [1.54, 1.807) is 12.3 Å². The molecule has 0 fully saturated rings. The molecule has 0 amide bonds. The first kappa shape index (κ1) is 7.03. The molecule has 0 atom stereocenters. The van der Waals surface area contributed by atoms with Crippen molar-refractivity contribution in [1.29, 1.82) is 0 Å². The van der Waals surface area contributed by atoms with Gasteiger partial charge in [0, 0.05) is 12.6 Å². The Bertz CT molecular complexity index is 355. The smallest absolute Gasteiger partial charge is 0.0841 e. The average Bonchev–Trinajstić information content (AvgIpc) is 2.17. The van der Waals surface area contributed by atoms with Gasteiger partial charge in [0.1, 0.15) is 0 Å². The molecule has 3 nitrogen and oxygen atoms in total. The Balaban J connectivity index is 2.46. The molecule has 1 aliphatic carbocycles. The minimum Gasteiger partial charge on any atom is -0.411 e. The van der Waals surface area contributed by atoms with Crippen LogP contribution in [-0.2, 0) is 6.42 Å². The van der Waals surface area contributed by atoms with Crippen molar-refractivity contribution in [3.05, 3.63) is 35.7 Å². The van der Waals surface area contributed by atoms with E-state index in [0.29, 0.717) is 12.1 Å². The Labute approximate surface area is 70.1 Å². The Hall–Kier alpha value is -1.64. The maximum atomic E-state index is 8.53. The molecule has 0 bridgehead atoms. The summed E-state index contributed by atoms with van der Waals surface area (Å²) >= 11 is 0. The van der Waals surface area contributed by atoms with Crippen LogP contribution in [0.2, 0.25) is 0 Å². The molecule has 1 aromatic rings. The fraction of sp³-hybridized carbons (Fsp3) is 0.111. The number of hydrogen-bond acceptors (Lipinski definition) is 3. The molecule has 0 unspecified atom stereocenters. The molecule has 60 valence electrons. The topological polar surface area (TPSA) is 45.5 Å². The summed E-state index contributed by atoms with van der Waals surface area (Å²) in [6, 6.07) is 3.87. The summed E-state index contributed by atoms with van der Waals surface area (Å²) in [5.74, 6) is 0. The molecule has 12 heavy (non-hydrogen) atoms. The van der Waals surface area contributed by atoms with Crippen LogP contribution in [0.15, 0.2) is 29.6 Å². The first-order valence-electron chi connectivity index (χ1n) is 3.73. The molecule has 0 saturated carbocycles. The lowest BCUT2D eigenvalue weighted by molar-refractivity contribution is 0.318. The van der Waals surface area contributed by atoms with Gasteiger partial charge in [-0.3, -0.25) is 4.98 Å². The zero-order chi connectivity index (χ0) is 8.39. The van der Waals surface area contributed by atoms with Crippen molar-refractivity contribution in [3.8, 4) is 0 Å². The van der Waals surface area contributed by atoms with E-state index >= 15 is 0 Å². The van der Waals surface area contributed by atoms with Crippen molar-refractivity contribution in [2.45, 2.75) is 6.42 Å². The molecule has 1 aromatic heterocycles. The van der Waals surface area contributed by atoms with Crippen LogP contribution in [-0.4, -0.2) is 15.9 Å². The van der Waals surface area contributed by atoms with Gasteiger partial charge in [-0.2, -0.15) is 0 Å². The minimum atomic E-state index is 0.663. The predicted molar refractivity (Wildman–Crippen MR) is 46.2 cm³/mol. The van der Waals surface area contributed by atoms with Crippen LogP contribution in [0.25, 0.3) is 6.08 Å². The molecule has 1 heterocycles. The Morgan fingerprint density at radius 2 is 2.33 bits per heavy atom. The summed E-state index contributed by atoms with van der Waals surface area (Å²) < 4.78 is 0. The summed E-state index contributed by atoms with van der Waals surface area (Å²) in [5.41, 5.74) is 2.74. The van der Waals surface area contributed by atoms with Gasteiger partial charge in [-0.1, -0.05) is 11.2 Å². The van der Waals surface area contributed by atoms with Crippen molar-refractivity contribution < 1.29 is 5.21 Å². The number of nitrogens with zero attached hydrogens (tertiary/aromatic N) is 2. The molecular formula is C9H8N2O. The highest BCUT2D eigenvalue weighted by Gasteiger charge is 2.08. The average molecular weight is 160 g/mol. The lowest BCUT2D eigenvalue weighted by Gasteiger charge is -2.08. The van der Waals surface area contributed by atoms with Crippen molar-refractivity contribution in [2.75, 3.05) is 0 Å². The van der Waals surface area contributed by atoms with E-state index in [-0.39, 0.29) is 0 Å². The van der Waals surface area contributed by atoms with Crippen LogP contribution >= 0.6 is 0 Å². The van der Waals surface area contributed by atoms with E-state index in [9.17, 15) is 0 Å². The molecule has 1 N–H and O–H groups in total. The highest BCUT2D eigenvalue weighted by atomic mass is 16.4. The number of fused-ring (bicyclic) bond motifs is 1. The van der Waals surface area contributed by atoms with E-state index < -0.39 is 0 Å². The van der Waals surface area contributed by atoms with E-state index in [0.717, 1.165) is 11.3 Å². The van der Waals surface area contributed by atoms with Gasteiger partial charge in [0.25, 0.3) is 0 Å². The third kappa shape index (κ3) is 1.09. The SMILES string of the molecule is ON=C1C=Cc2ncccc2C1. The summed E-state index contributed by atoms with van der Waals surface area (Å²) in [4.78, 5) is 4.16. The molecule has 0 saturated heterocycles. The van der Waals surface area contributed by atoms with Crippen LogP contribution < -0.4 is 0 Å². The second kappa shape index (κ2) is 2.77. The van der Waals surface area contributed by atoms with Crippen molar-refractivity contribution in [1.82, 2.24) is 4.98 Å². The summed E-state index contributed by atoms with van der Waals surface area (Å²) in [6.07, 6.45) is 6.05. The van der Waals surface area contributed by atoms with Gasteiger partial charge in [-0.25, -0.2) is 0 Å². The number of allylic oxidation sites excluding steroid dienone is 1. The Morgan fingerprint density at radius 3 is 3.17 bits per heavy atom. The van der Waals surface area contributed by atoms with Crippen molar-refractivity contribution >= 4 is 11.8 Å². The largest absolute Gasteiger partial charge is 0.411 e. The van der Waals surface area contributed by atoms with Crippen LogP contribution in [0.5, 0.6) is 0 Å². The van der Waals surface area contributed by atoms with Gasteiger partial charge in [0.15, 0.2) is 0 Å². The predicted octanol–water partition coefficient (Wildman–Crippen LogP) is 1.48. The fourth-order valence-electron chi connectivity index (χ4n) is 1.25. The van der Waals surface area contributed by atoms with Crippen LogP contribution in [0, 0.1) is 0 Å². The molecule has 0 radical (unpaired) electrons. The molecular weight excluding hydrogens is 152 g/mol. The number of rotatable bonds is 0. The lowest BCUT2D eigenvalue weighted by Crippen LogP contribution is -2.06. The lowest BCUT2D eigenvalue weighted by atomic mass is 10.0. The van der Waals surface area contributed by atoms with Gasteiger partial charge in [0.05, 0.1) is 11.4 Å². The standard InChI is InChI=1S/C9H8N2O/c12-11-8-3-4-9-7(6-8)2-1-5-10-9/h1-5,12H,6H2. The number of oxime groups is 1. The van der Waals surface area contributed by atoms with E-state index in [1.165, 1.54) is 0 Å². The number of pyridine rings is 1. The third-order valence-corrected chi connectivity index (χ3v) is 1.86. The highest BCUT2D eigenvalue weighted by Crippen LogP contribution is 2.14. The normalized spacial score (nSPS) is 17.8. The van der Waals surface area contributed by atoms with Crippen molar-refractivity contribution in [2.24, 2.45) is 5.16 Å². The molecule has 1 aliphatic rings. The maximum absolute atomic E-state index is 8.53. The van der Waals surface area contributed by atoms with Crippen LogP contribution in [0.1, 0.15) is 11.3 Å². The Morgan fingerprint density at radius 1 is 1.42 bits per heavy atom. The van der Waals surface area contributed by atoms with Gasteiger partial charge in [-0.15, -0.1) is 0 Å². The first-order chi connectivity index (χ1) is 5.90. The van der Waals surface area contributed by atoms with Gasteiger partial charge in [0.2, 0.25) is 0 Å². The number of hydrogen-bond donors (Lipinski definition) is 1.